The highest BCUT2D eigenvalue weighted by molar-refractivity contribution is 5.83. The molecule has 0 aliphatic carbocycles. The average molecular weight is 400 g/mol. The van der Waals surface area contributed by atoms with E-state index >= 15 is 0 Å². The molecule has 0 saturated heterocycles. The van der Waals surface area contributed by atoms with E-state index in [-0.39, 0.29) is 17.7 Å². The van der Waals surface area contributed by atoms with Gasteiger partial charge in [-0.15, -0.1) is 0 Å². The Bertz CT molecular complexity index is 1460. The van der Waals surface area contributed by atoms with Gasteiger partial charge in [-0.25, -0.2) is 13.8 Å². The summed E-state index contributed by atoms with van der Waals surface area (Å²) in [6.07, 6.45) is 5.80. The first kappa shape index (κ1) is 18.1. The maximum absolute atomic E-state index is 14.8. The lowest BCUT2D eigenvalue weighted by atomic mass is 10.0. The highest BCUT2D eigenvalue weighted by Gasteiger charge is 2.15. The Labute approximate surface area is 169 Å². The van der Waals surface area contributed by atoms with Gasteiger partial charge in [0.25, 0.3) is 5.56 Å². The molecule has 0 unspecified atom stereocenters. The van der Waals surface area contributed by atoms with Crippen LogP contribution >= 0.6 is 0 Å². The number of hydrogen-bond donors (Lipinski definition) is 0. The van der Waals surface area contributed by atoms with E-state index in [4.69, 9.17) is 0 Å². The summed E-state index contributed by atoms with van der Waals surface area (Å²) in [5.74, 6) is -1.47. The van der Waals surface area contributed by atoms with Crippen LogP contribution in [0.15, 0.2) is 78.2 Å². The summed E-state index contributed by atoms with van der Waals surface area (Å²) in [5.41, 5.74) is 1.63. The number of fused-ring (bicyclic) bond motifs is 2. The number of hydrogen-bond acceptors (Lipinski definition) is 4. The van der Waals surface area contributed by atoms with Gasteiger partial charge < -0.3 is 0 Å². The maximum Gasteiger partial charge on any atom is 0.261 e. The molecule has 0 aliphatic heterocycles. The van der Waals surface area contributed by atoms with Crippen molar-refractivity contribution in [3.63, 3.8) is 0 Å². The van der Waals surface area contributed by atoms with Gasteiger partial charge in [-0.05, 0) is 35.9 Å². The molecule has 0 amide bonds. The SMILES string of the molecule is O=c1c2ccncc2ncn1Cc1c(F)cc(-c2cnc3ccccc3c2)cc1F. The second-order valence-electron chi connectivity index (χ2n) is 6.91. The number of aromatic nitrogens is 4. The van der Waals surface area contributed by atoms with Gasteiger partial charge in [-0.2, -0.15) is 0 Å². The third kappa shape index (κ3) is 3.10. The fourth-order valence-electron chi connectivity index (χ4n) is 3.44. The minimum absolute atomic E-state index is 0.204. The Morgan fingerprint density at radius 2 is 1.67 bits per heavy atom. The minimum atomic E-state index is -0.736. The number of benzene rings is 2. The van der Waals surface area contributed by atoms with E-state index in [1.807, 2.05) is 30.3 Å². The largest absolute Gasteiger partial charge is 0.294 e. The number of para-hydroxylation sites is 1. The van der Waals surface area contributed by atoms with Gasteiger partial charge in [-0.3, -0.25) is 19.3 Å². The van der Waals surface area contributed by atoms with Crippen LogP contribution in [0, 0.1) is 11.6 Å². The lowest BCUT2D eigenvalue weighted by molar-refractivity contribution is 0.541. The van der Waals surface area contributed by atoms with Crippen LogP contribution < -0.4 is 5.56 Å². The van der Waals surface area contributed by atoms with E-state index in [0.717, 1.165) is 10.9 Å². The smallest absolute Gasteiger partial charge is 0.261 e. The zero-order valence-corrected chi connectivity index (χ0v) is 15.6. The molecule has 0 fully saturated rings. The van der Waals surface area contributed by atoms with Crippen molar-refractivity contribution in [1.29, 1.82) is 0 Å². The molecule has 5 nitrogen and oxygen atoms in total. The Kier molecular flexibility index (Phi) is 4.28. The summed E-state index contributed by atoms with van der Waals surface area (Å²) >= 11 is 0. The third-order valence-corrected chi connectivity index (χ3v) is 5.02. The van der Waals surface area contributed by atoms with E-state index in [1.165, 1.54) is 41.5 Å². The molecular formula is C23H14F2N4O. The van der Waals surface area contributed by atoms with Crippen LogP contribution in [0.2, 0.25) is 0 Å². The first-order valence-electron chi connectivity index (χ1n) is 9.22. The van der Waals surface area contributed by atoms with Crippen LogP contribution in [0.25, 0.3) is 32.9 Å². The number of pyridine rings is 2. The molecule has 0 saturated carbocycles. The predicted molar refractivity (Wildman–Crippen MR) is 110 cm³/mol. The van der Waals surface area contributed by atoms with Gasteiger partial charge >= 0.3 is 0 Å². The number of nitrogens with zero attached hydrogens (tertiary/aromatic N) is 4. The average Bonchev–Trinajstić information content (AvgIpc) is 2.77. The summed E-state index contributed by atoms with van der Waals surface area (Å²) in [6.45, 7) is -0.266. The second kappa shape index (κ2) is 7.11. The van der Waals surface area contributed by atoms with Crippen LogP contribution in [-0.4, -0.2) is 19.5 Å². The normalized spacial score (nSPS) is 11.3. The Hall–Kier alpha value is -4.00. The third-order valence-electron chi connectivity index (χ3n) is 5.02. The Morgan fingerprint density at radius 3 is 2.50 bits per heavy atom. The summed E-state index contributed by atoms with van der Waals surface area (Å²) in [5, 5.41) is 1.22. The summed E-state index contributed by atoms with van der Waals surface area (Å²) in [6, 6.07) is 13.4. The molecule has 2 aromatic carbocycles. The van der Waals surface area contributed by atoms with Gasteiger partial charge in [0.05, 0.1) is 35.5 Å². The van der Waals surface area contributed by atoms with Gasteiger partial charge in [0, 0.05) is 28.9 Å². The second-order valence-corrected chi connectivity index (χ2v) is 6.91. The monoisotopic (exact) mass is 400 g/mol. The van der Waals surface area contributed by atoms with Crippen molar-refractivity contribution in [1.82, 2.24) is 19.5 Å². The van der Waals surface area contributed by atoms with Crippen molar-refractivity contribution in [2.75, 3.05) is 0 Å². The zero-order chi connectivity index (χ0) is 20.7. The quantitative estimate of drug-likeness (QED) is 0.452. The van der Waals surface area contributed by atoms with Crippen molar-refractivity contribution in [2.45, 2.75) is 6.54 Å². The molecule has 0 bridgehead atoms. The molecule has 5 rings (SSSR count). The summed E-state index contributed by atoms with van der Waals surface area (Å²) in [4.78, 5) is 25.0. The zero-order valence-electron chi connectivity index (χ0n) is 15.6. The number of halogens is 2. The molecule has 0 radical (unpaired) electrons. The molecule has 0 N–H and O–H groups in total. The van der Waals surface area contributed by atoms with Gasteiger partial charge in [0.2, 0.25) is 0 Å². The molecule has 146 valence electrons. The van der Waals surface area contributed by atoms with Crippen LogP contribution in [0.1, 0.15) is 5.56 Å². The van der Waals surface area contributed by atoms with Crippen molar-refractivity contribution in [2.24, 2.45) is 0 Å². The summed E-state index contributed by atoms with van der Waals surface area (Å²) < 4.78 is 30.9. The van der Waals surface area contributed by atoms with Crippen molar-refractivity contribution < 1.29 is 8.78 Å². The van der Waals surface area contributed by atoms with Crippen LogP contribution in [0.5, 0.6) is 0 Å². The molecule has 0 aliphatic rings. The molecule has 3 aromatic heterocycles. The Balaban J connectivity index is 1.54. The minimum Gasteiger partial charge on any atom is -0.294 e. The van der Waals surface area contributed by atoms with Crippen molar-refractivity contribution in [3.05, 3.63) is 101 Å². The van der Waals surface area contributed by atoms with E-state index in [2.05, 4.69) is 15.0 Å². The van der Waals surface area contributed by atoms with Crippen molar-refractivity contribution in [3.8, 4) is 11.1 Å². The molecule has 30 heavy (non-hydrogen) atoms. The first-order chi connectivity index (χ1) is 14.6. The van der Waals surface area contributed by atoms with Gasteiger partial charge in [-0.1, -0.05) is 18.2 Å². The topological polar surface area (TPSA) is 60.7 Å². The summed E-state index contributed by atoms with van der Waals surface area (Å²) in [7, 11) is 0. The van der Waals surface area contributed by atoms with E-state index in [1.54, 1.807) is 6.20 Å². The number of rotatable bonds is 3. The first-order valence-corrected chi connectivity index (χ1v) is 9.22. The molecule has 7 heteroatoms. The van der Waals surface area contributed by atoms with E-state index in [9.17, 15) is 13.6 Å². The van der Waals surface area contributed by atoms with Gasteiger partial charge in [0.1, 0.15) is 11.6 Å². The van der Waals surface area contributed by atoms with Gasteiger partial charge in [0.15, 0.2) is 0 Å². The molecule has 3 heterocycles. The fraction of sp³-hybridized carbons (Fsp3) is 0.0435. The van der Waals surface area contributed by atoms with Crippen LogP contribution in [0.4, 0.5) is 8.78 Å². The fourth-order valence-corrected chi connectivity index (χ4v) is 3.44. The predicted octanol–water partition coefficient (Wildman–Crippen LogP) is 4.33. The van der Waals surface area contributed by atoms with E-state index < -0.39 is 11.6 Å². The van der Waals surface area contributed by atoms with E-state index in [0.29, 0.717) is 22.0 Å². The van der Waals surface area contributed by atoms with Crippen LogP contribution in [0.3, 0.4) is 0 Å². The molecule has 5 aromatic rings. The maximum atomic E-state index is 14.8. The Morgan fingerprint density at radius 1 is 0.867 bits per heavy atom. The lowest BCUT2D eigenvalue weighted by Crippen LogP contribution is -2.22. The highest BCUT2D eigenvalue weighted by Crippen LogP contribution is 2.26. The molecule has 0 atom stereocenters. The molecule has 0 spiro atoms. The molecular weight excluding hydrogens is 386 g/mol. The van der Waals surface area contributed by atoms with Crippen molar-refractivity contribution >= 4 is 21.8 Å². The standard InChI is InChI=1S/C23H14F2N4O/c24-19-8-15(16-7-14-3-1-2-4-21(14)27-10-16)9-20(25)18(19)12-29-13-28-22-11-26-6-5-17(22)23(29)30/h1-11,13H,12H2. The lowest BCUT2D eigenvalue weighted by Gasteiger charge is -2.11. The highest BCUT2D eigenvalue weighted by atomic mass is 19.1. The van der Waals surface area contributed by atoms with Crippen LogP contribution in [-0.2, 0) is 6.54 Å².